The first-order valence-corrected chi connectivity index (χ1v) is 10.3. The number of aromatic nitrogens is 1. The molecule has 0 spiro atoms. The molecule has 1 unspecified atom stereocenters. The molecular weight excluding hydrogens is 419 g/mol. The molecule has 1 aliphatic rings. The highest BCUT2D eigenvalue weighted by molar-refractivity contribution is 7.16. The number of nitrogens with zero attached hydrogens (tertiary/aromatic N) is 2. The Kier molecular flexibility index (Phi) is 5.32. The van der Waals surface area contributed by atoms with Gasteiger partial charge in [-0.25, -0.2) is 9.37 Å². The number of halogens is 1. The SMILES string of the molecule is COc1ccc(/C(O)=C2\C(=O)C(=O)N(c3nc(C)c(C)s3)C2c2ccc(F)cc2)cc1. The molecule has 1 amide bonds. The standard InChI is InChI=1S/C23H19FN2O4S/c1-12-13(2)31-23(25-12)26-19(14-4-8-16(24)9-5-14)18(21(28)22(26)29)20(27)15-6-10-17(30-3)11-7-15/h4-11,19,27H,1-3H3/b20-18+. The van der Waals surface area contributed by atoms with Gasteiger partial charge >= 0.3 is 5.91 Å². The minimum absolute atomic E-state index is 0.0766. The Hall–Kier alpha value is -3.52. The van der Waals surface area contributed by atoms with Crippen LogP contribution in [0, 0.1) is 19.7 Å². The normalized spacial score (nSPS) is 17.9. The van der Waals surface area contributed by atoms with Crippen LogP contribution in [-0.2, 0) is 9.59 Å². The summed E-state index contributed by atoms with van der Waals surface area (Å²) < 4.78 is 18.7. The number of anilines is 1. The lowest BCUT2D eigenvalue weighted by molar-refractivity contribution is -0.132. The van der Waals surface area contributed by atoms with Crippen molar-refractivity contribution in [2.24, 2.45) is 0 Å². The second-order valence-corrected chi connectivity index (χ2v) is 8.27. The predicted molar refractivity (Wildman–Crippen MR) is 116 cm³/mol. The molecule has 1 fully saturated rings. The minimum Gasteiger partial charge on any atom is -0.507 e. The van der Waals surface area contributed by atoms with E-state index in [9.17, 15) is 19.1 Å². The number of hydrogen-bond donors (Lipinski definition) is 1. The average molecular weight is 438 g/mol. The number of ketones is 1. The van der Waals surface area contributed by atoms with Crippen molar-refractivity contribution >= 4 is 33.9 Å². The number of aliphatic hydroxyl groups excluding tert-OH is 1. The van der Waals surface area contributed by atoms with Crippen molar-refractivity contribution in [3.8, 4) is 5.75 Å². The zero-order chi connectivity index (χ0) is 22.3. The summed E-state index contributed by atoms with van der Waals surface area (Å²) in [5, 5.41) is 11.4. The van der Waals surface area contributed by atoms with Gasteiger partial charge in [-0.3, -0.25) is 14.5 Å². The van der Waals surface area contributed by atoms with Crippen LogP contribution in [0.2, 0.25) is 0 Å². The molecule has 0 bridgehead atoms. The summed E-state index contributed by atoms with van der Waals surface area (Å²) in [6.07, 6.45) is 0. The molecule has 158 valence electrons. The van der Waals surface area contributed by atoms with Crippen LogP contribution < -0.4 is 9.64 Å². The summed E-state index contributed by atoms with van der Waals surface area (Å²) in [6, 6.07) is 11.0. The quantitative estimate of drug-likeness (QED) is 0.368. The number of Topliss-reactive ketones (excluding diaryl/α,β-unsaturated/α-hetero) is 1. The van der Waals surface area contributed by atoms with Gasteiger partial charge in [0.1, 0.15) is 17.3 Å². The van der Waals surface area contributed by atoms with Crippen molar-refractivity contribution in [3.05, 3.63) is 81.6 Å². The van der Waals surface area contributed by atoms with E-state index in [0.717, 1.165) is 10.6 Å². The number of carbonyl (C=O) groups excluding carboxylic acids is 2. The van der Waals surface area contributed by atoms with Crippen molar-refractivity contribution < 1.29 is 23.8 Å². The fourth-order valence-electron chi connectivity index (χ4n) is 3.45. The van der Waals surface area contributed by atoms with E-state index in [0.29, 0.717) is 22.0 Å². The lowest BCUT2D eigenvalue weighted by Gasteiger charge is -2.23. The van der Waals surface area contributed by atoms with E-state index >= 15 is 0 Å². The topological polar surface area (TPSA) is 79.7 Å². The summed E-state index contributed by atoms with van der Waals surface area (Å²) in [4.78, 5) is 32.7. The van der Waals surface area contributed by atoms with E-state index in [-0.39, 0.29) is 11.3 Å². The number of aryl methyl sites for hydroxylation is 2. The van der Waals surface area contributed by atoms with Crippen molar-refractivity contribution in [3.63, 3.8) is 0 Å². The van der Waals surface area contributed by atoms with E-state index in [1.807, 2.05) is 13.8 Å². The first kappa shape index (κ1) is 20.7. The highest BCUT2D eigenvalue weighted by Crippen LogP contribution is 2.43. The molecule has 1 aliphatic heterocycles. The maximum Gasteiger partial charge on any atom is 0.301 e. The predicted octanol–water partition coefficient (Wildman–Crippen LogP) is 4.53. The molecule has 1 N–H and O–H groups in total. The molecule has 2 heterocycles. The minimum atomic E-state index is -0.937. The van der Waals surface area contributed by atoms with Gasteiger partial charge in [0.15, 0.2) is 5.13 Å². The van der Waals surface area contributed by atoms with Crippen LogP contribution in [-0.4, -0.2) is 28.9 Å². The number of hydrogen-bond acceptors (Lipinski definition) is 6. The average Bonchev–Trinajstić information content (AvgIpc) is 3.23. The number of ether oxygens (including phenoxy) is 1. The Morgan fingerprint density at radius 2 is 1.74 bits per heavy atom. The Morgan fingerprint density at radius 3 is 2.29 bits per heavy atom. The Morgan fingerprint density at radius 1 is 1.10 bits per heavy atom. The molecule has 2 aromatic carbocycles. The molecule has 0 saturated carbocycles. The second-order valence-electron chi connectivity index (χ2n) is 7.09. The molecule has 1 aromatic heterocycles. The van der Waals surface area contributed by atoms with Crippen molar-refractivity contribution in [1.29, 1.82) is 0 Å². The molecule has 31 heavy (non-hydrogen) atoms. The summed E-state index contributed by atoms with van der Waals surface area (Å²) in [7, 11) is 1.52. The summed E-state index contributed by atoms with van der Waals surface area (Å²) >= 11 is 1.28. The Bertz CT molecular complexity index is 1180. The monoisotopic (exact) mass is 438 g/mol. The molecule has 0 aliphatic carbocycles. The van der Waals surface area contributed by atoms with Gasteiger partial charge in [0, 0.05) is 10.4 Å². The van der Waals surface area contributed by atoms with Crippen LogP contribution in [0.15, 0.2) is 54.1 Å². The second kappa shape index (κ2) is 7.96. The number of methoxy groups -OCH3 is 1. The first-order valence-electron chi connectivity index (χ1n) is 9.46. The number of carbonyl (C=O) groups is 2. The summed E-state index contributed by atoms with van der Waals surface area (Å²) in [5.41, 5.74) is 1.51. The fraction of sp³-hybridized carbons (Fsp3) is 0.174. The zero-order valence-electron chi connectivity index (χ0n) is 17.0. The van der Waals surface area contributed by atoms with Gasteiger partial charge in [0.2, 0.25) is 0 Å². The van der Waals surface area contributed by atoms with Crippen LogP contribution in [0.1, 0.15) is 27.7 Å². The van der Waals surface area contributed by atoms with E-state index in [1.54, 1.807) is 24.3 Å². The smallest absolute Gasteiger partial charge is 0.301 e. The van der Waals surface area contributed by atoms with E-state index < -0.39 is 23.5 Å². The van der Waals surface area contributed by atoms with E-state index in [2.05, 4.69) is 4.98 Å². The van der Waals surface area contributed by atoms with Gasteiger partial charge in [-0.1, -0.05) is 12.1 Å². The van der Waals surface area contributed by atoms with Crippen molar-refractivity contribution in [2.75, 3.05) is 12.0 Å². The van der Waals surface area contributed by atoms with Crippen LogP contribution >= 0.6 is 11.3 Å². The summed E-state index contributed by atoms with van der Waals surface area (Å²) in [6.45, 7) is 3.69. The van der Waals surface area contributed by atoms with Gasteiger partial charge in [-0.2, -0.15) is 0 Å². The van der Waals surface area contributed by atoms with Crippen molar-refractivity contribution in [2.45, 2.75) is 19.9 Å². The lowest BCUT2D eigenvalue weighted by atomic mass is 9.95. The fourth-order valence-corrected chi connectivity index (χ4v) is 4.39. The molecule has 1 atom stereocenters. The van der Waals surface area contributed by atoms with Gasteiger partial charge < -0.3 is 9.84 Å². The zero-order valence-corrected chi connectivity index (χ0v) is 17.9. The third-order valence-corrected chi connectivity index (χ3v) is 6.29. The Balaban J connectivity index is 1.92. The molecule has 3 aromatic rings. The van der Waals surface area contributed by atoms with Gasteiger partial charge in [0.05, 0.1) is 24.4 Å². The van der Waals surface area contributed by atoms with E-state index in [4.69, 9.17) is 4.74 Å². The summed E-state index contributed by atoms with van der Waals surface area (Å²) in [5.74, 6) is -1.80. The van der Waals surface area contributed by atoms with Crippen LogP contribution in [0.25, 0.3) is 5.76 Å². The third kappa shape index (κ3) is 3.59. The number of rotatable bonds is 4. The maximum absolute atomic E-state index is 13.6. The van der Waals surface area contributed by atoms with Crippen LogP contribution in [0.3, 0.4) is 0 Å². The first-order chi connectivity index (χ1) is 14.8. The van der Waals surface area contributed by atoms with E-state index in [1.165, 1.54) is 47.6 Å². The van der Waals surface area contributed by atoms with Crippen LogP contribution in [0.4, 0.5) is 9.52 Å². The lowest BCUT2D eigenvalue weighted by Crippen LogP contribution is -2.29. The number of thiazole rings is 1. The number of aliphatic hydroxyl groups is 1. The number of benzene rings is 2. The maximum atomic E-state index is 13.6. The Labute approximate surface area is 182 Å². The van der Waals surface area contributed by atoms with Crippen LogP contribution in [0.5, 0.6) is 5.75 Å². The van der Waals surface area contributed by atoms with Crippen molar-refractivity contribution in [1.82, 2.24) is 4.98 Å². The molecule has 0 radical (unpaired) electrons. The highest BCUT2D eigenvalue weighted by atomic mass is 32.1. The highest BCUT2D eigenvalue weighted by Gasteiger charge is 2.48. The largest absolute Gasteiger partial charge is 0.507 e. The third-order valence-electron chi connectivity index (χ3n) is 5.22. The van der Waals surface area contributed by atoms with Gasteiger partial charge in [0.25, 0.3) is 5.78 Å². The molecule has 8 heteroatoms. The molecule has 1 saturated heterocycles. The van der Waals surface area contributed by atoms with Gasteiger partial charge in [-0.05, 0) is 55.8 Å². The molecular formula is C23H19FN2O4S. The molecule has 4 rings (SSSR count). The molecule has 6 nitrogen and oxygen atoms in total. The number of amides is 1. The van der Waals surface area contributed by atoms with Gasteiger partial charge in [-0.15, -0.1) is 11.3 Å².